The molecule has 0 spiro atoms. The largest absolute Gasteiger partial charge is 3.00 e. The molecule has 4 nitrogen and oxygen atoms in total. The van der Waals surface area contributed by atoms with Crippen molar-refractivity contribution in [3.63, 3.8) is 0 Å². The Morgan fingerprint density at radius 2 is 0.857 bits per heavy atom. The monoisotopic (exact) mass is 208 g/mol. The Labute approximate surface area is 77.7 Å². The summed E-state index contributed by atoms with van der Waals surface area (Å²) in [6, 6.07) is 0. The van der Waals surface area contributed by atoms with Crippen molar-refractivity contribution < 1.29 is 51.9 Å². The average Bonchev–Trinajstić information content (AvgIpc) is 0.722. The minimum atomic E-state index is -5.61. The summed E-state index contributed by atoms with van der Waals surface area (Å²) in [6.45, 7) is 0. The van der Waals surface area contributed by atoms with Gasteiger partial charge in [0.15, 0.2) is 0 Å². The molecule has 7 heavy (non-hydrogen) atoms. The fourth-order valence-electron chi connectivity index (χ4n) is 0. The Morgan fingerprint density at radius 3 is 0.857 bits per heavy atom. The van der Waals surface area contributed by atoms with Gasteiger partial charge in [0.2, 0.25) is 0 Å². The second-order valence-electron chi connectivity index (χ2n) is 0.500. The van der Waals surface area contributed by atoms with E-state index in [2.05, 4.69) is 0 Å². The standard InChI is InChI=1S/Al.O4Si.Y/c;1-5(2,3)4;/q+3;-4;+3. The van der Waals surface area contributed by atoms with E-state index in [9.17, 15) is 0 Å². The van der Waals surface area contributed by atoms with E-state index in [1.165, 1.54) is 0 Å². The van der Waals surface area contributed by atoms with E-state index >= 15 is 0 Å². The van der Waals surface area contributed by atoms with Crippen molar-refractivity contribution in [1.29, 1.82) is 0 Å². The minimum absolute atomic E-state index is 0. The van der Waals surface area contributed by atoms with Crippen molar-refractivity contribution in [2.24, 2.45) is 0 Å². The Morgan fingerprint density at radius 1 is 0.857 bits per heavy atom. The zero-order valence-corrected chi connectivity index (χ0v) is 8.28. The van der Waals surface area contributed by atoms with Crippen LogP contribution in [-0.4, -0.2) is 26.4 Å². The van der Waals surface area contributed by atoms with Gasteiger partial charge in [-0.05, 0) is 0 Å². The normalized spacial score (nSPS) is 8.57. The SMILES string of the molecule is [Al+3].[O-][Si]([O-])([O-])[O-].[Y+3]. The first-order valence-corrected chi connectivity index (χ1v) is 2.45. The molecular formula is AlO4SiY+2. The Kier molecular flexibility index (Phi) is 13.2. The average molecular weight is 208 g/mol. The van der Waals surface area contributed by atoms with E-state index < -0.39 is 9.05 Å². The summed E-state index contributed by atoms with van der Waals surface area (Å²) in [5.74, 6) is 0. The van der Waals surface area contributed by atoms with Gasteiger partial charge in [0.25, 0.3) is 0 Å². The van der Waals surface area contributed by atoms with Crippen LogP contribution in [-0.2, 0) is 32.7 Å². The van der Waals surface area contributed by atoms with Gasteiger partial charge in [0.05, 0.1) is 0 Å². The fraction of sp³-hybridized carbons (Fsp3) is 0. The Bertz CT molecular complexity index is 27.2. The van der Waals surface area contributed by atoms with Crippen LogP contribution >= 0.6 is 0 Å². The molecule has 0 aliphatic carbocycles. The quantitative estimate of drug-likeness (QED) is 0.371. The van der Waals surface area contributed by atoms with Gasteiger partial charge < -0.3 is 28.2 Å². The molecule has 0 bridgehead atoms. The minimum Gasteiger partial charge on any atom is -0.894 e. The van der Waals surface area contributed by atoms with Crippen LogP contribution in [0, 0.1) is 0 Å². The van der Waals surface area contributed by atoms with Gasteiger partial charge in [-0.2, -0.15) is 0 Å². The van der Waals surface area contributed by atoms with Crippen LogP contribution in [0.4, 0.5) is 0 Å². The topological polar surface area (TPSA) is 92.2 Å². The molecule has 0 radical (unpaired) electrons. The van der Waals surface area contributed by atoms with E-state index in [0.717, 1.165) is 0 Å². The molecule has 32 valence electrons. The van der Waals surface area contributed by atoms with E-state index in [-0.39, 0.29) is 50.1 Å². The van der Waals surface area contributed by atoms with Crippen LogP contribution in [0.25, 0.3) is 0 Å². The third-order valence-corrected chi connectivity index (χ3v) is 0. The molecule has 0 aromatic heterocycles. The smallest absolute Gasteiger partial charge is 0.894 e. The van der Waals surface area contributed by atoms with Gasteiger partial charge in [-0.1, -0.05) is 0 Å². The van der Waals surface area contributed by atoms with Crippen molar-refractivity contribution >= 4 is 26.4 Å². The molecular weight excluding hydrogens is 208 g/mol. The maximum atomic E-state index is 8.58. The van der Waals surface area contributed by atoms with E-state index in [0.29, 0.717) is 0 Å². The van der Waals surface area contributed by atoms with Crippen LogP contribution in [0.3, 0.4) is 0 Å². The Hall–Kier alpha value is 1.69. The molecule has 0 rings (SSSR count). The molecule has 0 fully saturated rings. The summed E-state index contributed by atoms with van der Waals surface area (Å²) in [7, 11) is -5.61. The van der Waals surface area contributed by atoms with E-state index in [1.54, 1.807) is 0 Å². The molecule has 0 N–H and O–H groups in total. The second kappa shape index (κ2) is 5.82. The third-order valence-electron chi connectivity index (χ3n) is 0. The van der Waals surface area contributed by atoms with E-state index in [4.69, 9.17) is 19.2 Å². The maximum absolute atomic E-state index is 8.58. The molecule has 0 heterocycles. The van der Waals surface area contributed by atoms with Crippen LogP contribution in [0.1, 0.15) is 0 Å². The summed E-state index contributed by atoms with van der Waals surface area (Å²) in [4.78, 5) is 34.3. The van der Waals surface area contributed by atoms with Gasteiger partial charge in [-0.3, -0.25) is 0 Å². The van der Waals surface area contributed by atoms with Crippen LogP contribution in [0.15, 0.2) is 0 Å². The molecule has 0 atom stereocenters. The van der Waals surface area contributed by atoms with Gasteiger partial charge in [0, 0.05) is 0 Å². The zero-order chi connectivity index (χ0) is 4.50. The van der Waals surface area contributed by atoms with Gasteiger partial charge >= 0.3 is 50.1 Å². The molecule has 0 saturated carbocycles. The van der Waals surface area contributed by atoms with Crippen molar-refractivity contribution in [1.82, 2.24) is 0 Å². The fourth-order valence-corrected chi connectivity index (χ4v) is 0. The first-order chi connectivity index (χ1) is 2.00. The predicted octanol–water partition coefficient (Wildman–Crippen LogP) is -5.52. The van der Waals surface area contributed by atoms with Gasteiger partial charge in [0.1, 0.15) is 0 Å². The van der Waals surface area contributed by atoms with Crippen molar-refractivity contribution in [3.8, 4) is 0 Å². The Balaban J connectivity index is -0.0000000800. The first-order valence-electron chi connectivity index (χ1n) is 0.816. The molecule has 0 aliphatic rings. The molecule has 0 aliphatic heterocycles. The summed E-state index contributed by atoms with van der Waals surface area (Å²) < 4.78 is 0. The summed E-state index contributed by atoms with van der Waals surface area (Å²) in [5, 5.41) is 0. The van der Waals surface area contributed by atoms with Gasteiger partial charge in [-0.25, -0.2) is 0 Å². The molecule has 7 heteroatoms. The summed E-state index contributed by atoms with van der Waals surface area (Å²) >= 11 is 0. The molecule has 0 aromatic rings. The van der Waals surface area contributed by atoms with Crippen molar-refractivity contribution in [3.05, 3.63) is 0 Å². The number of hydrogen-bond acceptors (Lipinski definition) is 4. The third kappa shape index (κ3) is 87.0. The predicted molar refractivity (Wildman–Crippen MR) is 11.5 cm³/mol. The maximum Gasteiger partial charge on any atom is 3.00 e. The first kappa shape index (κ1) is 15.9. The van der Waals surface area contributed by atoms with Crippen LogP contribution in [0.5, 0.6) is 0 Å². The van der Waals surface area contributed by atoms with E-state index in [1.807, 2.05) is 0 Å². The van der Waals surface area contributed by atoms with Gasteiger partial charge in [-0.15, -0.1) is 0 Å². The van der Waals surface area contributed by atoms with Crippen molar-refractivity contribution in [2.75, 3.05) is 0 Å². The summed E-state index contributed by atoms with van der Waals surface area (Å²) in [6.07, 6.45) is 0. The molecule has 0 aromatic carbocycles. The molecule has 0 amide bonds. The zero-order valence-electron chi connectivity index (χ0n) is 3.29. The molecule has 0 saturated heterocycles. The van der Waals surface area contributed by atoms with Crippen molar-refractivity contribution in [2.45, 2.75) is 0 Å². The van der Waals surface area contributed by atoms with Crippen LogP contribution in [0.2, 0.25) is 0 Å². The second-order valence-corrected chi connectivity index (χ2v) is 1.50. The molecule has 0 unspecified atom stereocenters. The summed E-state index contributed by atoms with van der Waals surface area (Å²) in [5.41, 5.74) is 0. The number of rotatable bonds is 0. The van der Waals surface area contributed by atoms with Crippen LogP contribution < -0.4 is 19.2 Å². The number of hydrogen-bond donors (Lipinski definition) is 0.